The molecule has 0 saturated carbocycles. The van der Waals surface area contributed by atoms with Crippen LogP contribution in [0.4, 0.5) is 0 Å². The minimum atomic E-state index is -3.16. The maximum atomic E-state index is 12.3. The lowest BCUT2D eigenvalue weighted by atomic mass is 9.83. The van der Waals surface area contributed by atoms with E-state index in [0.717, 1.165) is 24.1 Å². The molecule has 2 aliphatic rings. The van der Waals surface area contributed by atoms with Gasteiger partial charge in [0.1, 0.15) is 11.3 Å². The van der Waals surface area contributed by atoms with Crippen molar-refractivity contribution in [2.75, 3.05) is 32.5 Å². The molecule has 1 amide bonds. The summed E-state index contributed by atoms with van der Waals surface area (Å²) in [5.74, 6) is 0.158. The Balaban J connectivity index is 1.47. The number of nitrogens with zero attached hydrogens (tertiary/aromatic N) is 2. The summed E-state index contributed by atoms with van der Waals surface area (Å²) in [5.41, 5.74) is 0.260. The van der Waals surface area contributed by atoms with Gasteiger partial charge in [-0.1, -0.05) is 0 Å². The van der Waals surface area contributed by atoms with Crippen molar-refractivity contribution in [1.29, 1.82) is 0 Å². The summed E-state index contributed by atoms with van der Waals surface area (Å²) in [7, 11) is -3.16. The molecule has 0 aromatic carbocycles. The summed E-state index contributed by atoms with van der Waals surface area (Å²) in [6.07, 6.45) is 2.91. The average Bonchev–Trinajstić information content (AvgIpc) is 2.88. The summed E-state index contributed by atoms with van der Waals surface area (Å²) < 4.78 is 30.7. The van der Waals surface area contributed by atoms with E-state index in [2.05, 4.69) is 9.71 Å². The maximum absolute atomic E-state index is 12.3. The number of aromatic nitrogens is 1. The molecule has 2 aliphatic heterocycles. The fraction of sp³-hybridized carbons (Fsp3) is 0.714. The highest BCUT2D eigenvalue weighted by Crippen LogP contribution is 2.36. The quantitative estimate of drug-likeness (QED) is 0.851. The number of amides is 1. The number of sulfonamides is 1. The molecule has 128 valence electrons. The van der Waals surface area contributed by atoms with Gasteiger partial charge >= 0.3 is 0 Å². The molecule has 2 saturated heterocycles. The van der Waals surface area contributed by atoms with E-state index in [4.69, 9.17) is 4.74 Å². The van der Waals surface area contributed by atoms with Crippen LogP contribution in [-0.2, 0) is 14.8 Å². The first-order chi connectivity index (χ1) is 10.8. The Morgan fingerprint density at radius 2 is 2.30 bits per heavy atom. The van der Waals surface area contributed by atoms with Gasteiger partial charge in [-0.15, -0.1) is 11.3 Å². The molecule has 1 spiro atoms. The van der Waals surface area contributed by atoms with Gasteiger partial charge in [-0.05, 0) is 25.7 Å². The number of rotatable bonds is 4. The van der Waals surface area contributed by atoms with E-state index in [1.165, 1.54) is 11.3 Å². The number of nitrogens with one attached hydrogen (secondary N) is 1. The largest absolute Gasteiger partial charge is 0.371 e. The Bertz CT molecular complexity index is 685. The van der Waals surface area contributed by atoms with Crippen LogP contribution in [0.2, 0.25) is 0 Å². The summed E-state index contributed by atoms with van der Waals surface area (Å²) in [6.45, 7) is 4.01. The highest BCUT2D eigenvalue weighted by atomic mass is 32.2. The van der Waals surface area contributed by atoms with Crippen molar-refractivity contribution in [2.45, 2.75) is 25.4 Å². The van der Waals surface area contributed by atoms with Crippen LogP contribution in [0.1, 0.15) is 28.3 Å². The molecule has 3 rings (SSSR count). The van der Waals surface area contributed by atoms with Crippen LogP contribution in [-0.4, -0.2) is 62.3 Å². The van der Waals surface area contributed by atoms with E-state index >= 15 is 0 Å². The highest BCUT2D eigenvalue weighted by Gasteiger charge is 2.48. The number of aryl methyl sites for hydroxylation is 1. The van der Waals surface area contributed by atoms with Crippen LogP contribution in [0.15, 0.2) is 5.38 Å². The first kappa shape index (κ1) is 16.8. The fourth-order valence-electron chi connectivity index (χ4n) is 3.01. The highest BCUT2D eigenvalue weighted by molar-refractivity contribution is 7.88. The molecule has 1 N–H and O–H groups in total. The summed E-state index contributed by atoms with van der Waals surface area (Å²) >= 11 is 1.47. The normalized spacial score (nSPS) is 23.7. The van der Waals surface area contributed by atoms with Gasteiger partial charge in [0.25, 0.3) is 5.91 Å². The van der Waals surface area contributed by atoms with E-state index in [1.54, 1.807) is 10.3 Å². The van der Waals surface area contributed by atoms with Gasteiger partial charge in [-0.2, -0.15) is 0 Å². The standard InChI is InChI=1S/C14H21N3O4S2/c1-10-16-12(7-22-10)13(18)17-8-14(9-17)4-3-11(6-21-14)5-15-23(2,19)20/h7,11,15H,3-6,8-9H2,1-2H3/t11-/m0/s1. The Kier molecular flexibility index (Phi) is 4.47. The topological polar surface area (TPSA) is 88.6 Å². The van der Waals surface area contributed by atoms with Crippen LogP contribution in [0.25, 0.3) is 0 Å². The lowest BCUT2D eigenvalue weighted by molar-refractivity contribution is -0.166. The third kappa shape index (κ3) is 3.90. The zero-order chi connectivity index (χ0) is 16.7. The van der Waals surface area contributed by atoms with E-state index in [9.17, 15) is 13.2 Å². The smallest absolute Gasteiger partial charge is 0.273 e. The molecule has 7 nitrogen and oxygen atoms in total. The van der Waals surface area contributed by atoms with Gasteiger partial charge < -0.3 is 9.64 Å². The molecule has 1 atom stereocenters. The van der Waals surface area contributed by atoms with Crippen molar-refractivity contribution >= 4 is 27.3 Å². The lowest BCUT2D eigenvalue weighted by Crippen LogP contribution is -2.66. The molecule has 0 unspecified atom stereocenters. The second kappa shape index (κ2) is 6.12. The molecular weight excluding hydrogens is 338 g/mol. The van der Waals surface area contributed by atoms with E-state index < -0.39 is 10.0 Å². The Morgan fingerprint density at radius 3 is 2.83 bits per heavy atom. The second-order valence-corrected chi connectivity index (χ2v) is 9.33. The van der Waals surface area contributed by atoms with Crippen molar-refractivity contribution < 1.29 is 17.9 Å². The van der Waals surface area contributed by atoms with Crippen molar-refractivity contribution in [2.24, 2.45) is 5.92 Å². The predicted octanol–water partition coefficient (Wildman–Crippen LogP) is 0.622. The molecule has 1 aromatic heterocycles. The van der Waals surface area contributed by atoms with Gasteiger partial charge in [0, 0.05) is 11.9 Å². The van der Waals surface area contributed by atoms with Crippen molar-refractivity contribution in [3.8, 4) is 0 Å². The monoisotopic (exact) mass is 359 g/mol. The number of hydrogen-bond donors (Lipinski definition) is 1. The fourth-order valence-corrected chi connectivity index (χ4v) is 4.14. The Labute approximate surface area is 140 Å². The molecule has 1 aromatic rings. The zero-order valence-corrected chi connectivity index (χ0v) is 14.9. The van der Waals surface area contributed by atoms with Gasteiger partial charge in [-0.25, -0.2) is 18.1 Å². The minimum absolute atomic E-state index is 0.0376. The van der Waals surface area contributed by atoms with Crippen LogP contribution >= 0.6 is 11.3 Å². The number of hydrogen-bond acceptors (Lipinski definition) is 6. The van der Waals surface area contributed by atoms with Crippen LogP contribution in [0, 0.1) is 12.8 Å². The predicted molar refractivity (Wildman–Crippen MR) is 87.0 cm³/mol. The van der Waals surface area contributed by atoms with Gasteiger partial charge in [0.15, 0.2) is 0 Å². The molecule has 0 aliphatic carbocycles. The third-order valence-corrected chi connectivity index (χ3v) is 5.82. The van der Waals surface area contributed by atoms with Crippen LogP contribution in [0.3, 0.4) is 0 Å². The van der Waals surface area contributed by atoms with Gasteiger partial charge in [-0.3, -0.25) is 4.79 Å². The first-order valence-electron chi connectivity index (χ1n) is 7.56. The van der Waals surface area contributed by atoms with Gasteiger partial charge in [0.2, 0.25) is 10.0 Å². The maximum Gasteiger partial charge on any atom is 0.273 e. The lowest BCUT2D eigenvalue weighted by Gasteiger charge is -2.52. The average molecular weight is 359 g/mol. The molecule has 9 heteroatoms. The molecule has 0 bridgehead atoms. The SMILES string of the molecule is Cc1nc(C(=O)N2CC3(CC[C@@H](CNS(C)(=O)=O)CO3)C2)cs1. The minimum Gasteiger partial charge on any atom is -0.371 e. The van der Waals surface area contributed by atoms with Gasteiger partial charge in [0.05, 0.1) is 31.0 Å². The number of likely N-dealkylation sites (tertiary alicyclic amines) is 1. The summed E-state index contributed by atoms with van der Waals surface area (Å²) in [4.78, 5) is 18.3. The second-order valence-electron chi connectivity index (χ2n) is 6.43. The molecule has 23 heavy (non-hydrogen) atoms. The van der Waals surface area contributed by atoms with Crippen molar-refractivity contribution in [1.82, 2.24) is 14.6 Å². The molecule has 2 fully saturated rings. The Hall–Kier alpha value is -1.03. The van der Waals surface area contributed by atoms with Crippen molar-refractivity contribution in [3.63, 3.8) is 0 Å². The zero-order valence-electron chi connectivity index (χ0n) is 13.2. The van der Waals surface area contributed by atoms with E-state index in [0.29, 0.717) is 31.9 Å². The van der Waals surface area contributed by atoms with E-state index in [1.807, 2.05) is 6.92 Å². The third-order valence-electron chi connectivity index (χ3n) is 4.35. The van der Waals surface area contributed by atoms with Crippen LogP contribution < -0.4 is 4.72 Å². The summed E-state index contributed by atoms with van der Waals surface area (Å²) in [5, 5.41) is 2.68. The molecule has 3 heterocycles. The van der Waals surface area contributed by atoms with Crippen molar-refractivity contribution in [3.05, 3.63) is 16.1 Å². The van der Waals surface area contributed by atoms with E-state index in [-0.39, 0.29) is 17.4 Å². The van der Waals surface area contributed by atoms with Crippen LogP contribution in [0.5, 0.6) is 0 Å². The number of carbonyl (C=O) groups is 1. The number of thiazole rings is 1. The number of carbonyl (C=O) groups excluding carboxylic acids is 1. The molecule has 0 radical (unpaired) electrons. The Morgan fingerprint density at radius 1 is 1.57 bits per heavy atom. The number of ether oxygens (including phenoxy) is 1. The summed E-state index contributed by atoms with van der Waals surface area (Å²) in [6, 6.07) is 0. The first-order valence-corrected chi connectivity index (χ1v) is 10.3. The molecular formula is C14H21N3O4S2.